The smallest absolute Gasteiger partial charge is 0.340 e. The number of benzene rings is 1. The Labute approximate surface area is 110 Å². The van der Waals surface area contributed by atoms with Crippen molar-refractivity contribution in [2.24, 2.45) is 0 Å². The molecule has 5 nitrogen and oxygen atoms in total. The summed E-state index contributed by atoms with van der Waals surface area (Å²) < 4.78 is 29.0. The summed E-state index contributed by atoms with van der Waals surface area (Å²) in [7, 11) is 1.23. The molecule has 1 saturated heterocycles. The Balaban J connectivity index is 2.12. The highest BCUT2D eigenvalue weighted by Gasteiger charge is 2.19. The normalized spacial score (nSPS) is 18.3. The van der Waals surface area contributed by atoms with Gasteiger partial charge in [0.25, 0.3) is 0 Å². The Morgan fingerprint density at radius 2 is 2.37 bits per heavy atom. The summed E-state index contributed by atoms with van der Waals surface area (Å²) in [6.07, 6.45) is 1.84. The van der Waals surface area contributed by atoms with Crippen LogP contribution in [0.3, 0.4) is 0 Å². The van der Waals surface area contributed by atoms with Gasteiger partial charge in [0.15, 0.2) is 11.6 Å². The Morgan fingerprint density at radius 3 is 3.00 bits per heavy atom. The Bertz CT molecular complexity index is 472. The largest absolute Gasteiger partial charge is 0.488 e. The minimum Gasteiger partial charge on any atom is -0.488 e. The van der Waals surface area contributed by atoms with Crippen LogP contribution < -0.4 is 10.5 Å². The summed E-state index contributed by atoms with van der Waals surface area (Å²) in [5.74, 6) is -1.26. The van der Waals surface area contributed by atoms with Gasteiger partial charge in [-0.05, 0) is 18.9 Å². The number of esters is 1. The maximum atomic E-state index is 13.7. The van der Waals surface area contributed by atoms with E-state index < -0.39 is 11.8 Å². The number of hydrogen-bond acceptors (Lipinski definition) is 5. The fraction of sp³-hybridized carbons (Fsp3) is 0.462. The number of halogens is 1. The van der Waals surface area contributed by atoms with Crippen molar-refractivity contribution in [1.29, 1.82) is 0 Å². The molecule has 1 aromatic rings. The molecule has 1 aliphatic heterocycles. The second-order valence-electron chi connectivity index (χ2n) is 4.31. The Kier molecular flexibility index (Phi) is 4.21. The van der Waals surface area contributed by atoms with Crippen molar-refractivity contribution in [3.05, 3.63) is 23.5 Å². The van der Waals surface area contributed by atoms with Crippen molar-refractivity contribution in [2.45, 2.75) is 18.9 Å². The van der Waals surface area contributed by atoms with Crippen molar-refractivity contribution in [2.75, 3.05) is 26.1 Å². The van der Waals surface area contributed by atoms with Crippen LogP contribution in [0.2, 0.25) is 0 Å². The molecule has 19 heavy (non-hydrogen) atoms. The molecule has 1 fully saturated rings. The van der Waals surface area contributed by atoms with Crippen LogP contribution in [0.4, 0.5) is 10.1 Å². The first-order chi connectivity index (χ1) is 9.11. The number of anilines is 1. The number of methoxy groups -OCH3 is 1. The van der Waals surface area contributed by atoms with Crippen molar-refractivity contribution in [1.82, 2.24) is 0 Å². The highest BCUT2D eigenvalue weighted by molar-refractivity contribution is 5.95. The third kappa shape index (κ3) is 3.14. The molecule has 1 atom stereocenters. The first kappa shape index (κ1) is 13.6. The third-order valence-electron chi connectivity index (χ3n) is 2.96. The maximum Gasteiger partial charge on any atom is 0.340 e. The van der Waals surface area contributed by atoms with Gasteiger partial charge in [0.2, 0.25) is 0 Å². The molecule has 1 aliphatic rings. The zero-order valence-corrected chi connectivity index (χ0v) is 10.6. The first-order valence-corrected chi connectivity index (χ1v) is 6.03. The van der Waals surface area contributed by atoms with Gasteiger partial charge in [0.1, 0.15) is 6.61 Å². The van der Waals surface area contributed by atoms with Crippen molar-refractivity contribution in [3.8, 4) is 5.75 Å². The van der Waals surface area contributed by atoms with E-state index in [4.69, 9.17) is 15.2 Å². The number of hydrogen-bond donors (Lipinski definition) is 1. The summed E-state index contributed by atoms with van der Waals surface area (Å²) in [6, 6.07) is 2.31. The zero-order chi connectivity index (χ0) is 13.8. The standard InChI is InChI=1S/C13H16FNO4/c1-17-13(16)9-5-12(10(14)6-11(9)15)19-7-8-3-2-4-18-8/h5-6,8H,2-4,7,15H2,1H3. The van der Waals surface area contributed by atoms with Crippen molar-refractivity contribution in [3.63, 3.8) is 0 Å². The SMILES string of the molecule is COC(=O)c1cc(OCC2CCCO2)c(F)cc1N. The van der Waals surface area contributed by atoms with E-state index in [2.05, 4.69) is 4.74 Å². The number of carbonyl (C=O) groups is 1. The number of ether oxygens (including phenoxy) is 3. The molecule has 1 aromatic carbocycles. The van der Waals surface area contributed by atoms with E-state index in [0.717, 1.165) is 18.9 Å². The van der Waals surface area contributed by atoms with Gasteiger partial charge in [-0.15, -0.1) is 0 Å². The molecule has 0 radical (unpaired) electrons. The molecule has 2 rings (SSSR count). The van der Waals surface area contributed by atoms with Crippen LogP contribution in [-0.2, 0) is 9.47 Å². The molecule has 0 amide bonds. The van der Waals surface area contributed by atoms with Gasteiger partial charge in [-0.2, -0.15) is 0 Å². The summed E-state index contributed by atoms with van der Waals surface area (Å²) in [6.45, 7) is 0.951. The van der Waals surface area contributed by atoms with E-state index in [1.165, 1.54) is 13.2 Å². The van der Waals surface area contributed by atoms with Gasteiger partial charge in [0, 0.05) is 18.4 Å². The number of nitrogen functional groups attached to an aromatic ring is 1. The molecule has 2 N–H and O–H groups in total. The van der Waals surface area contributed by atoms with Gasteiger partial charge in [-0.3, -0.25) is 0 Å². The average Bonchev–Trinajstić information content (AvgIpc) is 2.90. The molecule has 0 bridgehead atoms. The Morgan fingerprint density at radius 1 is 1.58 bits per heavy atom. The van der Waals surface area contributed by atoms with E-state index in [-0.39, 0.29) is 29.7 Å². The van der Waals surface area contributed by atoms with Crippen LogP contribution >= 0.6 is 0 Å². The highest BCUT2D eigenvalue weighted by atomic mass is 19.1. The minimum absolute atomic E-state index is 0.0221. The van der Waals surface area contributed by atoms with Crippen LogP contribution in [0.25, 0.3) is 0 Å². The van der Waals surface area contributed by atoms with Gasteiger partial charge >= 0.3 is 5.97 Å². The molecule has 1 unspecified atom stereocenters. The van der Waals surface area contributed by atoms with Gasteiger partial charge in [0.05, 0.1) is 18.8 Å². The average molecular weight is 269 g/mol. The molecule has 1 heterocycles. The third-order valence-corrected chi connectivity index (χ3v) is 2.96. The highest BCUT2D eigenvalue weighted by Crippen LogP contribution is 2.25. The molecular weight excluding hydrogens is 253 g/mol. The van der Waals surface area contributed by atoms with E-state index in [1.807, 2.05) is 0 Å². The second-order valence-corrected chi connectivity index (χ2v) is 4.31. The molecule has 0 spiro atoms. The second kappa shape index (κ2) is 5.88. The lowest BCUT2D eigenvalue weighted by molar-refractivity contribution is 0.0598. The minimum atomic E-state index is -0.625. The van der Waals surface area contributed by atoms with Crippen molar-refractivity contribution >= 4 is 11.7 Å². The van der Waals surface area contributed by atoms with Crippen molar-refractivity contribution < 1.29 is 23.4 Å². The van der Waals surface area contributed by atoms with Gasteiger partial charge in [-0.1, -0.05) is 0 Å². The van der Waals surface area contributed by atoms with E-state index in [9.17, 15) is 9.18 Å². The molecule has 0 aromatic heterocycles. The number of rotatable bonds is 4. The quantitative estimate of drug-likeness (QED) is 0.666. The van der Waals surface area contributed by atoms with Crippen LogP contribution in [0.5, 0.6) is 5.75 Å². The summed E-state index contributed by atoms with van der Waals surface area (Å²) >= 11 is 0. The van der Waals surface area contributed by atoms with Crippen LogP contribution in [0, 0.1) is 5.82 Å². The van der Waals surface area contributed by atoms with Crippen LogP contribution in [0.15, 0.2) is 12.1 Å². The summed E-state index contributed by atoms with van der Waals surface area (Å²) in [4.78, 5) is 11.5. The topological polar surface area (TPSA) is 70.8 Å². The monoisotopic (exact) mass is 269 g/mol. The first-order valence-electron chi connectivity index (χ1n) is 6.03. The summed E-state index contributed by atoms with van der Waals surface area (Å²) in [5.41, 5.74) is 5.68. The maximum absolute atomic E-state index is 13.7. The molecular formula is C13H16FNO4. The van der Waals surface area contributed by atoms with Crippen LogP contribution in [0.1, 0.15) is 23.2 Å². The van der Waals surface area contributed by atoms with E-state index in [0.29, 0.717) is 6.61 Å². The predicted molar refractivity (Wildman–Crippen MR) is 66.6 cm³/mol. The molecule has 104 valence electrons. The fourth-order valence-corrected chi connectivity index (χ4v) is 1.92. The van der Waals surface area contributed by atoms with E-state index >= 15 is 0 Å². The molecule has 0 saturated carbocycles. The Hall–Kier alpha value is -1.82. The molecule has 0 aliphatic carbocycles. The molecule has 6 heteroatoms. The summed E-state index contributed by atoms with van der Waals surface area (Å²) in [5, 5.41) is 0. The predicted octanol–water partition coefficient (Wildman–Crippen LogP) is 1.75. The van der Waals surface area contributed by atoms with Gasteiger partial charge < -0.3 is 19.9 Å². The number of carbonyl (C=O) groups excluding carboxylic acids is 1. The van der Waals surface area contributed by atoms with E-state index in [1.54, 1.807) is 0 Å². The lowest BCUT2D eigenvalue weighted by atomic mass is 10.1. The zero-order valence-electron chi connectivity index (χ0n) is 10.6. The lowest BCUT2D eigenvalue weighted by Gasteiger charge is -2.13. The number of nitrogens with two attached hydrogens (primary N) is 1. The lowest BCUT2D eigenvalue weighted by Crippen LogP contribution is -2.17. The fourth-order valence-electron chi connectivity index (χ4n) is 1.92. The van der Waals surface area contributed by atoms with Crippen LogP contribution in [-0.4, -0.2) is 32.4 Å². The van der Waals surface area contributed by atoms with Gasteiger partial charge in [-0.25, -0.2) is 9.18 Å².